The number of rotatable bonds is 5. The summed E-state index contributed by atoms with van der Waals surface area (Å²) in [6, 6.07) is 6.20. The maximum absolute atomic E-state index is 6.16. The van der Waals surface area contributed by atoms with E-state index in [0.29, 0.717) is 29.2 Å². The van der Waals surface area contributed by atoms with E-state index in [0.717, 1.165) is 42.5 Å². The van der Waals surface area contributed by atoms with E-state index in [2.05, 4.69) is 34.8 Å². The summed E-state index contributed by atoms with van der Waals surface area (Å²) in [5.74, 6) is 2.44. The van der Waals surface area contributed by atoms with Crippen LogP contribution in [0, 0.1) is 5.92 Å². The molecule has 8 nitrogen and oxygen atoms in total. The maximum atomic E-state index is 6.16. The molecule has 4 aromatic rings. The van der Waals surface area contributed by atoms with Gasteiger partial charge in [-0.15, -0.1) is 5.10 Å². The lowest BCUT2D eigenvalue weighted by Gasteiger charge is -2.20. The van der Waals surface area contributed by atoms with E-state index in [9.17, 15) is 0 Å². The molecule has 8 heteroatoms. The summed E-state index contributed by atoms with van der Waals surface area (Å²) in [6.45, 7) is 4.34. The van der Waals surface area contributed by atoms with Crippen LogP contribution in [-0.2, 0) is 19.3 Å². The van der Waals surface area contributed by atoms with Crippen molar-refractivity contribution in [2.75, 3.05) is 12.8 Å². The summed E-state index contributed by atoms with van der Waals surface area (Å²) >= 11 is 0. The van der Waals surface area contributed by atoms with Gasteiger partial charge in [-0.25, -0.2) is 9.97 Å². The summed E-state index contributed by atoms with van der Waals surface area (Å²) in [5, 5.41) is 10.3. The number of nitrogen functional groups attached to an aromatic ring is 1. The molecule has 0 saturated carbocycles. The summed E-state index contributed by atoms with van der Waals surface area (Å²) in [4.78, 5) is 9.28. The quantitative estimate of drug-likeness (QED) is 0.547. The molecule has 0 aliphatic heterocycles. The molecule has 0 amide bonds. The Hall–Kier alpha value is -3.16. The van der Waals surface area contributed by atoms with E-state index in [1.807, 2.05) is 18.2 Å². The second-order valence-corrected chi connectivity index (χ2v) is 8.41. The Labute approximate surface area is 175 Å². The first-order valence-electron chi connectivity index (χ1n) is 10.6. The van der Waals surface area contributed by atoms with Crippen molar-refractivity contribution in [2.45, 2.75) is 52.0 Å². The van der Waals surface area contributed by atoms with Gasteiger partial charge in [0.25, 0.3) is 0 Å². The van der Waals surface area contributed by atoms with Crippen LogP contribution in [0.2, 0.25) is 0 Å². The maximum Gasteiger partial charge on any atom is 0.223 e. The average Bonchev–Trinajstić information content (AvgIpc) is 3.36. The molecule has 5 rings (SSSR count). The summed E-state index contributed by atoms with van der Waals surface area (Å²) in [6.07, 6.45) is 7.40. The Morgan fingerprint density at radius 1 is 1.23 bits per heavy atom. The standard InChI is InChI=1S/C22H27N7O/c1-13(2)28-12-15-11-14(7-9-17(15)26-28)8-10-19-24-21-16-5-4-6-18(30-3)20(16)25-22(23)29(21)27-19/h4-6,12-14H,7-11H2,1-3H3,(H2,23,25). The minimum absolute atomic E-state index is 0.323. The van der Waals surface area contributed by atoms with Gasteiger partial charge in [0.05, 0.1) is 12.8 Å². The normalized spacial score (nSPS) is 16.5. The Bertz CT molecular complexity index is 1220. The number of benzene rings is 1. The van der Waals surface area contributed by atoms with Crippen LogP contribution in [0.25, 0.3) is 16.6 Å². The van der Waals surface area contributed by atoms with E-state index in [4.69, 9.17) is 20.6 Å². The number of aromatic nitrogens is 6. The van der Waals surface area contributed by atoms with Crippen LogP contribution in [0.5, 0.6) is 5.75 Å². The third kappa shape index (κ3) is 3.16. The smallest absolute Gasteiger partial charge is 0.223 e. The number of ether oxygens (including phenoxy) is 1. The van der Waals surface area contributed by atoms with Gasteiger partial charge in [-0.1, -0.05) is 6.07 Å². The minimum Gasteiger partial charge on any atom is -0.494 e. The number of fused-ring (bicyclic) bond motifs is 4. The van der Waals surface area contributed by atoms with Gasteiger partial charge in [-0.3, -0.25) is 4.68 Å². The van der Waals surface area contributed by atoms with Gasteiger partial charge in [0, 0.05) is 24.0 Å². The van der Waals surface area contributed by atoms with Crippen molar-refractivity contribution >= 4 is 22.5 Å². The van der Waals surface area contributed by atoms with E-state index in [1.165, 1.54) is 17.7 Å². The number of aryl methyl sites for hydroxylation is 2. The van der Waals surface area contributed by atoms with E-state index in [1.54, 1.807) is 11.6 Å². The average molecular weight is 406 g/mol. The lowest BCUT2D eigenvalue weighted by molar-refractivity contribution is 0.419. The van der Waals surface area contributed by atoms with Crippen molar-refractivity contribution < 1.29 is 4.74 Å². The third-order valence-electron chi connectivity index (χ3n) is 6.05. The van der Waals surface area contributed by atoms with Gasteiger partial charge in [-0.05, 0) is 63.1 Å². The highest BCUT2D eigenvalue weighted by molar-refractivity contribution is 5.95. The van der Waals surface area contributed by atoms with E-state index in [-0.39, 0.29) is 0 Å². The second-order valence-electron chi connectivity index (χ2n) is 8.41. The molecule has 1 aliphatic rings. The largest absolute Gasteiger partial charge is 0.494 e. The molecule has 0 saturated heterocycles. The molecule has 1 aromatic carbocycles. The van der Waals surface area contributed by atoms with Crippen molar-refractivity contribution in [3.05, 3.63) is 41.5 Å². The highest BCUT2D eigenvalue weighted by atomic mass is 16.5. The van der Waals surface area contributed by atoms with Gasteiger partial charge in [0.15, 0.2) is 11.5 Å². The summed E-state index contributed by atoms with van der Waals surface area (Å²) in [7, 11) is 1.63. The van der Waals surface area contributed by atoms with Crippen molar-refractivity contribution in [3.8, 4) is 5.75 Å². The number of methoxy groups -OCH3 is 1. The fourth-order valence-electron chi connectivity index (χ4n) is 4.39. The molecule has 1 unspecified atom stereocenters. The van der Waals surface area contributed by atoms with Gasteiger partial charge in [-0.2, -0.15) is 9.61 Å². The molecule has 30 heavy (non-hydrogen) atoms. The van der Waals surface area contributed by atoms with Crippen LogP contribution in [0.1, 0.15) is 49.8 Å². The number of nitrogens with two attached hydrogens (primary N) is 1. The van der Waals surface area contributed by atoms with Crippen molar-refractivity contribution in [2.24, 2.45) is 5.92 Å². The van der Waals surface area contributed by atoms with Crippen molar-refractivity contribution in [1.29, 1.82) is 0 Å². The number of anilines is 1. The first kappa shape index (κ1) is 18.8. The third-order valence-corrected chi connectivity index (χ3v) is 6.05. The van der Waals surface area contributed by atoms with Gasteiger partial charge < -0.3 is 10.5 Å². The Morgan fingerprint density at radius 2 is 2.10 bits per heavy atom. The Morgan fingerprint density at radius 3 is 2.90 bits per heavy atom. The van der Waals surface area contributed by atoms with Crippen LogP contribution < -0.4 is 10.5 Å². The molecule has 1 atom stereocenters. The topological polar surface area (TPSA) is 96.1 Å². The molecule has 0 fully saturated rings. The molecule has 0 spiro atoms. The number of para-hydroxylation sites is 1. The van der Waals surface area contributed by atoms with Crippen LogP contribution in [0.15, 0.2) is 24.4 Å². The highest BCUT2D eigenvalue weighted by Crippen LogP contribution is 2.30. The van der Waals surface area contributed by atoms with E-state index < -0.39 is 0 Å². The molecular formula is C22H27N7O. The minimum atomic E-state index is 0.323. The number of hydrogen-bond donors (Lipinski definition) is 1. The predicted molar refractivity (Wildman–Crippen MR) is 116 cm³/mol. The number of nitrogens with zero attached hydrogens (tertiary/aromatic N) is 6. The van der Waals surface area contributed by atoms with Crippen molar-refractivity contribution in [3.63, 3.8) is 0 Å². The molecular weight excluding hydrogens is 378 g/mol. The molecule has 1 aliphatic carbocycles. The predicted octanol–water partition coefficient (Wildman–Crippen LogP) is 3.38. The fourth-order valence-corrected chi connectivity index (χ4v) is 4.39. The van der Waals surface area contributed by atoms with Gasteiger partial charge >= 0.3 is 0 Å². The first-order chi connectivity index (χ1) is 14.5. The van der Waals surface area contributed by atoms with Crippen LogP contribution >= 0.6 is 0 Å². The zero-order valence-electron chi connectivity index (χ0n) is 17.7. The lowest BCUT2D eigenvalue weighted by Crippen LogP contribution is -2.14. The molecule has 0 bridgehead atoms. The lowest BCUT2D eigenvalue weighted by atomic mass is 9.85. The van der Waals surface area contributed by atoms with Gasteiger partial charge in [0.2, 0.25) is 5.95 Å². The zero-order chi connectivity index (χ0) is 20.8. The molecule has 2 N–H and O–H groups in total. The monoisotopic (exact) mass is 405 g/mol. The first-order valence-corrected chi connectivity index (χ1v) is 10.6. The fraction of sp³-hybridized carbons (Fsp3) is 0.455. The molecule has 3 heterocycles. The van der Waals surface area contributed by atoms with Crippen molar-refractivity contribution in [1.82, 2.24) is 29.4 Å². The van der Waals surface area contributed by atoms with Crippen LogP contribution in [0.3, 0.4) is 0 Å². The molecule has 3 aromatic heterocycles. The molecule has 0 radical (unpaired) electrons. The van der Waals surface area contributed by atoms with E-state index >= 15 is 0 Å². The van der Waals surface area contributed by atoms with Crippen LogP contribution in [0.4, 0.5) is 5.95 Å². The van der Waals surface area contributed by atoms with Crippen LogP contribution in [-0.4, -0.2) is 36.5 Å². The second kappa shape index (κ2) is 7.27. The SMILES string of the molecule is COc1cccc2c1nc(N)n1nc(CCC3CCc4nn(C(C)C)cc4C3)nc21. The summed E-state index contributed by atoms with van der Waals surface area (Å²) in [5.41, 5.74) is 10.3. The molecule has 156 valence electrons. The highest BCUT2D eigenvalue weighted by Gasteiger charge is 2.23. The van der Waals surface area contributed by atoms with Gasteiger partial charge in [0.1, 0.15) is 11.3 Å². The summed E-state index contributed by atoms with van der Waals surface area (Å²) < 4.78 is 9.16. The Balaban J connectivity index is 1.37. The number of hydrogen-bond acceptors (Lipinski definition) is 6. The Kier molecular flexibility index (Phi) is 4.56. The zero-order valence-corrected chi connectivity index (χ0v) is 17.7.